The molecule has 0 bridgehead atoms. The second-order valence-corrected chi connectivity index (χ2v) is 4.67. The van der Waals surface area contributed by atoms with Crippen LogP contribution in [0.15, 0.2) is 42.5 Å². The molecule has 0 aliphatic heterocycles. The Balaban J connectivity index is 2.13. The number of phenolic OH excluding ortho intramolecular Hbond substituents is 1. The lowest BCUT2D eigenvalue weighted by atomic mass is 10.1. The van der Waals surface area contributed by atoms with Crippen molar-refractivity contribution in [3.63, 3.8) is 0 Å². The van der Waals surface area contributed by atoms with E-state index in [0.717, 1.165) is 16.7 Å². The number of ether oxygens (including phenoxy) is 1. The van der Waals surface area contributed by atoms with Crippen molar-refractivity contribution < 1.29 is 14.9 Å². The van der Waals surface area contributed by atoms with Gasteiger partial charge < -0.3 is 14.9 Å². The number of aliphatic hydroxyl groups excluding tert-OH is 1. The van der Waals surface area contributed by atoms with Crippen LogP contribution in [-0.2, 0) is 6.61 Å². The lowest BCUT2D eigenvalue weighted by Gasteiger charge is -2.14. The smallest absolute Gasteiger partial charge is 0.125 e. The molecule has 0 saturated heterocycles. The van der Waals surface area contributed by atoms with E-state index >= 15 is 0 Å². The first-order valence-electron chi connectivity index (χ1n) is 6.25. The van der Waals surface area contributed by atoms with Crippen molar-refractivity contribution in [3.8, 4) is 11.5 Å². The van der Waals surface area contributed by atoms with E-state index in [4.69, 9.17) is 4.74 Å². The van der Waals surface area contributed by atoms with Crippen LogP contribution in [0.3, 0.4) is 0 Å². The molecule has 0 amide bonds. The Hall–Kier alpha value is -2.00. The van der Waals surface area contributed by atoms with Crippen LogP contribution in [-0.4, -0.2) is 10.2 Å². The molecule has 0 heterocycles. The summed E-state index contributed by atoms with van der Waals surface area (Å²) in [6.07, 6.45) is -0.560. The normalized spacial score (nSPS) is 12.2. The van der Waals surface area contributed by atoms with E-state index in [1.54, 1.807) is 19.1 Å². The number of rotatable bonds is 4. The maximum absolute atomic E-state index is 9.75. The van der Waals surface area contributed by atoms with Gasteiger partial charge >= 0.3 is 0 Å². The Labute approximate surface area is 113 Å². The molecule has 19 heavy (non-hydrogen) atoms. The minimum Gasteiger partial charge on any atom is -0.508 e. The minimum atomic E-state index is -0.560. The van der Waals surface area contributed by atoms with E-state index in [-0.39, 0.29) is 5.75 Å². The van der Waals surface area contributed by atoms with Crippen LogP contribution < -0.4 is 4.74 Å². The highest BCUT2D eigenvalue weighted by atomic mass is 16.5. The zero-order chi connectivity index (χ0) is 13.8. The van der Waals surface area contributed by atoms with Crippen molar-refractivity contribution in [1.82, 2.24) is 0 Å². The highest BCUT2D eigenvalue weighted by Crippen LogP contribution is 2.27. The minimum absolute atomic E-state index is 0.240. The molecule has 3 nitrogen and oxygen atoms in total. The fraction of sp³-hybridized carbons (Fsp3) is 0.250. The van der Waals surface area contributed by atoms with E-state index in [9.17, 15) is 10.2 Å². The SMILES string of the molecule is Cc1ccc(OCc2ccc(O)cc2)c([C@H](C)O)c1. The molecular weight excluding hydrogens is 240 g/mol. The number of aliphatic hydroxyl groups is 1. The average molecular weight is 258 g/mol. The van der Waals surface area contributed by atoms with Crippen molar-refractivity contribution in [2.45, 2.75) is 26.6 Å². The van der Waals surface area contributed by atoms with E-state index < -0.39 is 6.10 Å². The Morgan fingerprint density at radius 1 is 1.11 bits per heavy atom. The number of hydrogen-bond donors (Lipinski definition) is 2. The van der Waals surface area contributed by atoms with E-state index in [2.05, 4.69) is 0 Å². The van der Waals surface area contributed by atoms with E-state index in [0.29, 0.717) is 12.4 Å². The van der Waals surface area contributed by atoms with Gasteiger partial charge in [-0.05, 0) is 43.7 Å². The molecule has 0 radical (unpaired) electrons. The first kappa shape index (κ1) is 13.4. The first-order chi connectivity index (χ1) is 9.06. The fourth-order valence-electron chi connectivity index (χ4n) is 1.88. The molecule has 0 unspecified atom stereocenters. The van der Waals surface area contributed by atoms with Gasteiger partial charge in [-0.3, -0.25) is 0 Å². The molecule has 2 N–H and O–H groups in total. The predicted molar refractivity (Wildman–Crippen MR) is 74.3 cm³/mol. The number of aromatic hydroxyl groups is 1. The van der Waals surface area contributed by atoms with Gasteiger partial charge in [-0.15, -0.1) is 0 Å². The molecule has 2 aromatic rings. The fourth-order valence-corrected chi connectivity index (χ4v) is 1.88. The van der Waals surface area contributed by atoms with Gasteiger partial charge in [0, 0.05) is 5.56 Å². The molecule has 0 aliphatic carbocycles. The van der Waals surface area contributed by atoms with Crippen molar-refractivity contribution in [2.24, 2.45) is 0 Å². The van der Waals surface area contributed by atoms with E-state index in [1.807, 2.05) is 37.3 Å². The number of benzene rings is 2. The quantitative estimate of drug-likeness (QED) is 0.884. The molecule has 0 spiro atoms. The molecule has 0 fully saturated rings. The summed E-state index contributed by atoms with van der Waals surface area (Å²) in [6, 6.07) is 12.6. The number of hydrogen-bond acceptors (Lipinski definition) is 3. The predicted octanol–water partition coefficient (Wildman–Crippen LogP) is 3.33. The summed E-state index contributed by atoms with van der Waals surface area (Å²) in [5.74, 6) is 0.928. The molecule has 0 saturated carbocycles. The summed E-state index contributed by atoms with van der Waals surface area (Å²) in [7, 11) is 0. The van der Waals surface area contributed by atoms with E-state index in [1.165, 1.54) is 0 Å². The zero-order valence-electron chi connectivity index (χ0n) is 11.1. The summed E-state index contributed by atoms with van der Waals surface area (Å²) >= 11 is 0. The number of aryl methyl sites for hydroxylation is 1. The van der Waals surface area contributed by atoms with Crippen LogP contribution in [0.25, 0.3) is 0 Å². The van der Waals surface area contributed by atoms with Gasteiger partial charge in [0.15, 0.2) is 0 Å². The molecule has 1 atom stereocenters. The Bertz CT molecular complexity index is 544. The highest BCUT2D eigenvalue weighted by Gasteiger charge is 2.09. The second kappa shape index (κ2) is 5.76. The molecule has 100 valence electrons. The standard InChI is InChI=1S/C16H18O3/c1-11-3-8-16(15(9-11)12(2)17)19-10-13-4-6-14(18)7-5-13/h3-9,12,17-18H,10H2,1-2H3/t12-/m0/s1. The third kappa shape index (κ3) is 3.48. The van der Waals surface area contributed by atoms with Crippen LogP contribution in [0.1, 0.15) is 29.7 Å². The maximum Gasteiger partial charge on any atom is 0.125 e. The van der Waals surface area contributed by atoms with Crippen molar-refractivity contribution >= 4 is 0 Å². The van der Waals surface area contributed by atoms with Gasteiger partial charge in [0.05, 0.1) is 6.10 Å². The molecule has 2 aromatic carbocycles. The topological polar surface area (TPSA) is 49.7 Å². The summed E-state index contributed by atoms with van der Waals surface area (Å²) in [5.41, 5.74) is 2.85. The second-order valence-electron chi connectivity index (χ2n) is 4.67. The summed E-state index contributed by atoms with van der Waals surface area (Å²) in [4.78, 5) is 0. The van der Waals surface area contributed by atoms with Crippen molar-refractivity contribution in [2.75, 3.05) is 0 Å². The van der Waals surface area contributed by atoms with Gasteiger partial charge in [-0.25, -0.2) is 0 Å². The van der Waals surface area contributed by atoms with Crippen molar-refractivity contribution in [3.05, 3.63) is 59.2 Å². The molecule has 3 heteroatoms. The van der Waals surface area contributed by atoms with Gasteiger partial charge in [-0.2, -0.15) is 0 Å². The van der Waals surface area contributed by atoms with Crippen LogP contribution in [0.2, 0.25) is 0 Å². The molecule has 0 aliphatic rings. The lowest BCUT2D eigenvalue weighted by Crippen LogP contribution is -2.01. The van der Waals surface area contributed by atoms with Crippen LogP contribution in [0.4, 0.5) is 0 Å². The van der Waals surface area contributed by atoms with Gasteiger partial charge in [-0.1, -0.05) is 23.8 Å². The molecular formula is C16H18O3. The van der Waals surface area contributed by atoms with Gasteiger partial charge in [0.2, 0.25) is 0 Å². The summed E-state index contributed by atoms with van der Waals surface area (Å²) in [5, 5.41) is 19.0. The average Bonchev–Trinajstić information content (AvgIpc) is 2.39. The Morgan fingerprint density at radius 2 is 1.79 bits per heavy atom. The van der Waals surface area contributed by atoms with Crippen molar-refractivity contribution in [1.29, 1.82) is 0 Å². The summed E-state index contributed by atoms with van der Waals surface area (Å²) < 4.78 is 5.74. The zero-order valence-corrected chi connectivity index (χ0v) is 11.1. The highest BCUT2D eigenvalue weighted by molar-refractivity contribution is 5.38. The van der Waals surface area contributed by atoms with Crippen LogP contribution >= 0.6 is 0 Å². The summed E-state index contributed by atoms with van der Waals surface area (Å²) in [6.45, 7) is 4.11. The molecule has 0 aromatic heterocycles. The largest absolute Gasteiger partial charge is 0.508 e. The first-order valence-corrected chi connectivity index (χ1v) is 6.25. The Morgan fingerprint density at radius 3 is 2.42 bits per heavy atom. The van der Waals surface area contributed by atoms with Gasteiger partial charge in [0.1, 0.15) is 18.1 Å². The third-order valence-electron chi connectivity index (χ3n) is 2.95. The van der Waals surface area contributed by atoms with Gasteiger partial charge in [0.25, 0.3) is 0 Å². The maximum atomic E-state index is 9.75. The van der Waals surface area contributed by atoms with Crippen LogP contribution in [0, 0.1) is 6.92 Å². The Kier molecular flexibility index (Phi) is 4.07. The molecule has 2 rings (SSSR count). The van der Waals surface area contributed by atoms with Crippen LogP contribution in [0.5, 0.6) is 11.5 Å². The number of phenols is 1. The monoisotopic (exact) mass is 258 g/mol. The lowest BCUT2D eigenvalue weighted by molar-refractivity contribution is 0.190. The third-order valence-corrected chi connectivity index (χ3v) is 2.95.